The Morgan fingerprint density at radius 3 is 2.65 bits per heavy atom. The summed E-state index contributed by atoms with van der Waals surface area (Å²) in [6.07, 6.45) is 4.20. The number of hydrogen-bond acceptors (Lipinski definition) is 4. The lowest BCUT2D eigenvalue weighted by molar-refractivity contribution is 0.185. The molecule has 0 spiro atoms. The Labute approximate surface area is 105 Å². The molecule has 1 N–H and O–H groups in total. The maximum atomic E-state index is 11.8. The van der Waals surface area contributed by atoms with Crippen LogP contribution >= 0.6 is 0 Å². The average Bonchev–Trinajstić information content (AvgIpc) is 3.09. The van der Waals surface area contributed by atoms with E-state index >= 15 is 0 Å². The molecule has 0 bridgehead atoms. The number of ether oxygens (including phenoxy) is 1. The molecule has 102 valence electrons. The molecular weight excluding hydrogens is 240 g/mol. The van der Waals surface area contributed by atoms with Gasteiger partial charge in [0.25, 0.3) is 0 Å². The summed E-state index contributed by atoms with van der Waals surface area (Å²) in [7, 11) is 0.0893. The van der Waals surface area contributed by atoms with E-state index in [9.17, 15) is 8.42 Å². The van der Waals surface area contributed by atoms with Gasteiger partial charge in [-0.15, -0.1) is 0 Å². The van der Waals surface area contributed by atoms with Crippen LogP contribution in [-0.2, 0) is 14.8 Å². The van der Waals surface area contributed by atoms with Crippen molar-refractivity contribution in [1.29, 1.82) is 0 Å². The summed E-state index contributed by atoms with van der Waals surface area (Å²) in [5, 5.41) is 3.38. The number of rotatable bonds is 10. The molecule has 0 aromatic carbocycles. The summed E-state index contributed by atoms with van der Waals surface area (Å²) >= 11 is 0. The first-order chi connectivity index (χ1) is 8.06. The summed E-state index contributed by atoms with van der Waals surface area (Å²) in [6, 6.07) is 0.705. The molecule has 6 heteroatoms. The zero-order valence-corrected chi connectivity index (χ0v) is 11.6. The van der Waals surface area contributed by atoms with Gasteiger partial charge in [0.15, 0.2) is 0 Å². The van der Waals surface area contributed by atoms with E-state index in [1.54, 1.807) is 14.2 Å². The van der Waals surface area contributed by atoms with Crippen molar-refractivity contribution >= 4 is 10.0 Å². The molecule has 1 saturated carbocycles. The van der Waals surface area contributed by atoms with E-state index in [-0.39, 0.29) is 5.75 Å². The second-order valence-electron chi connectivity index (χ2n) is 4.57. The number of nitrogens with zero attached hydrogens (tertiary/aromatic N) is 1. The standard InChI is InChI=1S/C11H24N2O3S/c1-13(8-9-16-2)17(14,15)10-4-3-7-12-11-5-6-11/h11-12H,3-10H2,1-2H3. The van der Waals surface area contributed by atoms with Crippen LogP contribution in [0.25, 0.3) is 0 Å². The maximum Gasteiger partial charge on any atom is 0.213 e. The molecule has 0 amide bonds. The lowest BCUT2D eigenvalue weighted by Gasteiger charge is -2.16. The van der Waals surface area contributed by atoms with Crippen molar-refractivity contribution in [3.8, 4) is 0 Å². The Balaban J connectivity index is 2.09. The molecule has 0 heterocycles. The molecule has 1 aliphatic rings. The third-order valence-electron chi connectivity index (χ3n) is 2.92. The molecule has 1 fully saturated rings. The van der Waals surface area contributed by atoms with Crippen molar-refractivity contribution in [2.45, 2.75) is 31.7 Å². The van der Waals surface area contributed by atoms with Crippen LogP contribution in [-0.4, -0.2) is 58.4 Å². The number of unbranched alkanes of at least 4 members (excludes halogenated alkanes) is 1. The zero-order valence-electron chi connectivity index (χ0n) is 10.8. The highest BCUT2D eigenvalue weighted by atomic mass is 32.2. The second kappa shape index (κ2) is 7.31. The average molecular weight is 264 g/mol. The van der Waals surface area contributed by atoms with E-state index in [1.807, 2.05) is 0 Å². The molecule has 1 aliphatic carbocycles. The van der Waals surface area contributed by atoms with Gasteiger partial charge in [0.1, 0.15) is 0 Å². The summed E-state index contributed by atoms with van der Waals surface area (Å²) in [5.74, 6) is 0.236. The fraction of sp³-hybridized carbons (Fsp3) is 1.00. The minimum atomic E-state index is -3.09. The quantitative estimate of drug-likeness (QED) is 0.581. The Morgan fingerprint density at radius 1 is 1.35 bits per heavy atom. The second-order valence-corrected chi connectivity index (χ2v) is 6.76. The molecule has 0 atom stereocenters. The van der Waals surface area contributed by atoms with Gasteiger partial charge in [-0.05, 0) is 32.2 Å². The van der Waals surface area contributed by atoms with E-state index in [2.05, 4.69) is 5.32 Å². The van der Waals surface area contributed by atoms with Crippen molar-refractivity contribution < 1.29 is 13.2 Å². The van der Waals surface area contributed by atoms with Crippen LogP contribution in [0.4, 0.5) is 0 Å². The zero-order chi connectivity index (χ0) is 12.7. The minimum absolute atomic E-state index is 0.236. The molecule has 5 nitrogen and oxygen atoms in total. The minimum Gasteiger partial charge on any atom is -0.383 e. The predicted octanol–water partition coefficient (Wildman–Crippen LogP) is 0.427. The van der Waals surface area contributed by atoms with Crippen LogP contribution in [0.1, 0.15) is 25.7 Å². The van der Waals surface area contributed by atoms with E-state index in [1.165, 1.54) is 17.1 Å². The molecule has 0 aromatic rings. The first-order valence-corrected chi connectivity index (χ1v) is 7.83. The van der Waals surface area contributed by atoms with Gasteiger partial charge in [-0.3, -0.25) is 0 Å². The van der Waals surface area contributed by atoms with Crippen molar-refractivity contribution in [1.82, 2.24) is 9.62 Å². The monoisotopic (exact) mass is 264 g/mol. The van der Waals surface area contributed by atoms with Gasteiger partial charge in [0.2, 0.25) is 10.0 Å². The Hall–Kier alpha value is -0.170. The molecule has 0 saturated heterocycles. The van der Waals surface area contributed by atoms with Gasteiger partial charge in [-0.25, -0.2) is 12.7 Å². The highest BCUT2D eigenvalue weighted by Gasteiger charge is 2.20. The highest BCUT2D eigenvalue weighted by molar-refractivity contribution is 7.89. The third kappa shape index (κ3) is 6.35. The largest absolute Gasteiger partial charge is 0.383 e. The lowest BCUT2D eigenvalue weighted by Crippen LogP contribution is -2.32. The van der Waals surface area contributed by atoms with Gasteiger partial charge < -0.3 is 10.1 Å². The Bertz CT molecular complexity index is 302. The van der Waals surface area contributed by atoms with Crippen LogP contribution in [0, 0.1) is 0 Å². The topological polar surface area (TPSA) is 58.6 Å². The number of hydrogen-bond donors (Lipinski definition) is 1. The molecule has 0 radical (unpaired) electrons. The first kappa shape index (κ1) is 14.9. The van der Waals surface area contributed by atoms with E-state index in [0.29, 0.717) is 19.2 Å². The van der Waals surface area contributed by atoms with E-state index in [4.69, 9.17) is 4.74 Å². The normalized spacial score (nSPS) is 16.6. The molecule has 0 aliphatic heterocycles. The van der Waals surface area contributed by atoms with Crippen molar-refractivity contribution in [3.63, 3.8) is 0 Å². The summed E-state index contributed by atoms with van der Waals surface area (Å²) in [5.41, 5.74) is 0. The SMILES string of the molecule is COCCN(C)S(=O)(=O)CCCCNC1CC1. The number of sulfonamides is 1. The number of nitrogens with one attached hydrogen (secondary N) is 1. The van der Waals surface area contributed by atoms with Gasteiger partial charge in [-0.2, -0.15) is 0 Å². The summed E-state index contributed by atoms with van der Waals surface area (Å²) < 4.78 is 29.8. The smallest absolute Gasteiger partial charge is 0.213 e. The highest BCUT2D eigenvalue weighted by Crippen LogP contribution is 2.18. The third-order valence-corrected chi connectivity index (χ3v) is 4.86. The Morgan fingerprint density at radius 2 is 2.06 bits per heavy atom. The van der Waals surface area contributed by atoms with Crippen LogP contribution in [0.3, 0.4) is 0 Å². The van der Waals surface area contributed by atoms with Gasteiger partial charge >= 0.3 is 0 Å². The van der Waals surface area contributed by atoms with Crippen molar-refractivity contribution in [3.05, 3.63) is 0 Å². The molecule has 17 heavy (non-hydrogen) atoms. The van der Waals surface area contributed by atoms with Crippen LogP contribution < -0.4 is 5.32 Å². The fourth-order valence-electron chi connectivity index (χ4n) is 1.52. The first-order valence-electron chi connectivity index (χ1n) is 6.22. The van der Waals surface area contributed by atoms with E-state index in [0.717, 1.165) is 19.4 Å². The maximum absolute atomic E-state index is 11.8. The van der Waals surface area contributed by atoms with E-state index < -0.39 is 10.0 Å². The number of methoxy groups -OCH3 is 1. The Kier molecular flexibility index (Phi) is 6.40. The van der Waals surface area contributed by atoms with Crippen LogP contribution in [0.15, 0.2) is 0 Å². The molecular formula is C11H24N2O3S. The molecule has 0 aromatic heterocycles. The fourth-order valence-corrected chi connectivity index (χ4v) is 2.75. The summed E-state index contributed by atoms with van der Waals surface area (Å²) in [4.78, 5) is 0. The van der Waals surface area contributed by atoms with Gasteiger partial charge in [-0.1, -0.05) is 0 Å². The summed E-state index contributed by atoms with van der Waals surface area (Å²) in [6.45, 7) is 1.81. The number of likely N-dealkylation sites (N-methyl/N-ethyl adjacent to an activating group) is 1. The van der Waals surface area contributed by atoms with Crippen molar-refractivity contribution in [2.24, 2.45) is 0 Å². The molecule has 0 unspecified atom stereocenters. The van der Waals surface area contributed by atoms with Gasteiger partial charge in [0, 0.05) is 26.7 Å². The predicted molar refractivity (Wildman–Crippen MR) is 68.6 cm³/mol. The molecule has 1 rings (SSSR count). The van der Waals surface area contributed by atoms with Crippen LogP contribution in [0.5, 0.6) is 0 Å². The van der Waals surface area contributed by atoms with Crippen LogP contribution in [0.2, 0.25) is 0 Å². The van der Waals surface area contributed by atoms with Gasteiger partial charge in [0.05, 0.1) is 12.4 Å². The lowest BCUT2D eigenvalue weighted by atomic mass is 10.3. The van der Waals surface area contributed by atoms with Crippen molar-refractivity contribution in [2.75, 3.05) is 39.6 Å².